The quantitative estimate of drug-likeness (QED) is 0.843. The van der Waals surface area contributed by atoms with Crippen molar-refractivity contribution in [3.8, 4) is 0 Å². The fourth-order valence-electron chi connectivity index (χ4n) is 1.62. The molecule has 0 aliphatic heterocycles. The number of amides is 1. The second-order valence-electron chi connectivity index (χ2n) is 4.10. The van der Waals surface area contributed by atoms with E-state index in [0.29, 0.717) is 23.8 Å². The van der Waals surface area contributed by atoms with E-state index in [4.69, 9.17) is 10.2 Å². The largest absolute Gasteiger partial charge is 0.469 e. The highest BCUT2D eigenvalue weighted by Gasteiger charge is 2.28. The molecule has 1 unspecified atom stereocenters. The number of hydrogen-bond donors (Lipinski definition) is 2. The van der Waals surface area contributed by atoms with Crippen molar-refractivity contribution in [1.82, 2.24) is 5.32 Å². The number of nitrogens with two attached hydrogens (primary N) is 1. The Morgan fingerprint density at radius 3 is 2.88 bits per heavy atom. The van der Waals surface area contributed by atoms with Gasteiger partial charge in [0.15, 0.2) is 0 Å². The minimum atomic E-state index is -0.0997. The van der Waals surface area contributed by atoms with Gasteiger partial charge >= 0.3 is 0 Å². The van der Waals surface area contributed by atoms with Gasteiger partial charge in [-0.25, -0.2) is 0 Å². The fourth-order valence-corrected chi connectivity index (χ4v) is 1.62. The molecule has 1 aliphatic carbocycles. The molecule has 1 fully saturated rings. The average Bonchev–Trinajstić information content (AvgIpc) is 2.98. The van der Waals surface area contributed by atoms with Gasteiger partial charge in [0.05, 0.1) is 11.8 Å². The van der Waals surface area contributed by atoms with Crippen LogP contribution in [0.15, 0.2) is 16.7 Å². The Morgan fingerprint density at radius 1 is 1.69 bits per heavy atom. The smallest absolute Gasteiger partial charge is 0.254 e. The minimum Gasteiger partial charge on any atom is -0.469 e. The van der Waals surface area contributed by atoms with Crippen molar-refractivity contribution < 1.29 is 9.21 Å². The normalized spacial score (nSPS) is 16.4. The summed E-state index contributed by atoms with van der Waals surface area (Å²) in [6.07, 6.45) is 3.91. The van der Waals surface area contributed by atoms with Crippen molar-refractivity contribution in [3.63, 3.8) is 0 Å². The van der Waals surface area contributed by atoms with Gasteiger partial charge in [-0.3, -0.25) is 4.79 Å². The van der Waals surface area contributed by atoms with Crippen molar-refractivity contribution in [2.45, 2.75) is 25.8 Å². The molecule has 90 valence electrons. The molecule has 0 bridgehead atoms. The summed E-state index contributed by atoms with van der Waals surface area (Å²) >= 11 is 0. The molecule has 0 saturated heterocycles. The Kier molecular flexibility index (Phi) is 4.38. The first-order valence-electron chi connectivity index (χ1n) is 5.26. The van der Waals surface area contributed by atoms with Gasteiger partial charge in [-0.15, -0.1) is 12.4 Å². The highest BCUT2D eigenvalue weighted by molar-refractivity contribution is 5.95. The summed E-state index contributed by atoms with van der Waals surface area (Å²) < 4.78 is 5.06. The van der Waals surface area contributed by atoms with E-state index in [9.17, 15) is 4.79 Å². The molecular formula is C11H17ClN2O2. The van der Waals surface area contributed by atoms with Crippen molar-refractivity contribution in [1.29, 1.82) is 0 Å². The number of carbonyl (C=O) groups is 1. The second kappa shape index (κ2) is 5.37. The molecule has 16 heavy (non-hydrogen) atoms. The zero-order chi connectivity index (χ0) is 10.8. The van der Waals surface area contributed by atoms with E-state index in [1.165, 1.54) is 19.1 Å². The first-order chi connectivity index (χ1) is 7.18. The van der Waals surface area contributed by atoms with Crippen molar-refractivity contribution >= 4 is 18.3 Å². The number of furan rings is 1. The molecular weight excluding hydrogens is 228 g/mol. The molecule has 1 aromatic heterocycles. The molecule has 0 aromatic carbocycles. The summed E-state index contributed by atoms with van der Waals surface area (Å²) in [5.74, 6) is 1.15. The van der Waals surface area contributed by atoms with E-state index in [-0.39, 0.29) is 24.4 Å². The number of rotatable bonds is 4. The number of nitrogens with one attached hydrogen (secondary N) is 1. The molecule has 5 heteroatoms. The third-order valence-electron chi connectivity index (χ3n) is 2.83. The highest BCUT2D eigenvalue weighted by atomic mass is 35.5. The van der Waals surface area contributed by atoms with Crippen LogP contribution >= 0.6 is 12.4 Å². The van der Waals surface area contributed by atoms with Gasteiger partial charge in [-0.1, -0.05) is 0 Å². The molecule has 4 nitrogen and oxygen atoms in total. The van der Waals surface area contributed by atoms with Crippen LogP contribution in [0.25, 0.3) is 0 Å². The van der Waals surface area contributed by atoms with Crippen molar-refractivity contribution in [3.05, 3.63) is 23.7 Å². The summed E-state index contributed by atoms with van der Waals surface area (Å²) in [6.45, 7) is 2.32. The SMILES string of the molecule is Cc1occc1C(=O)NCC(N)C1CC1.Cl. The van der Waals surface area contributed by atoms with E-state index in [0.717, 1.165) is 0 Å². The average molecular weight is 245 g/mol. The summed E-state index contributed by atoms with van der Waals surface area (Å²) in [5, 5.41) is 2.82. The maximum atomic E-state index is 11.6. The third-order valence-corrected chi connectivity index (χ3v) is 2.83. The summed E-state index contributed by atoms with van der Waals surface area (Å²) in [5.41, 5.74) is 6.48. The molecule has 1 heterocycles. The van der Waals surface area contributed by atoms with Gasteiger partial charge in [0.25, 0.3) is 5.91 Å². The molecule has 1 aliphatic rings. The number of carbonyl (C=O) groups excluding carboxylic acids is 1. The lowest BCUT2D eigenvalue weighted by molar-refractivity contribution is 0.0949. The van der Waals surface area contributed by atoms with E-state index in [1.54, 1.807) is 13.0 Å². The Hall–Kier alpha value is -1.00. The Bertz CT molecular complexity index is 361. The zero-order valence-corrected chi connectivity index (χ0v) is 10.0. The predicted octanol–water partition coefficient (Wildman–Crippen LogP) is 1.48. The zero-order valence-electron chi connectivity index (χ0n) is 9.23. The molecule has 2 rings (SSSR count). The standard InChI is InChI=1S/C11H16N2O2.ClH/c1-7-9(4-5-15-7)11(14)13-6-10(12)8-2-3-8;/h4-5,8,10H,2-3,6,12H2,1H3,(H,13,14);1H. The van der Waals surface area contributed by atoms with Crippen LogP contribution in [0.1, 0.15) is 29.0 Å². The monoisotopic (exact) mass is 244 g/mol. The Labute approximate surface area is 101 Å². The van der Waals surface area contributed by atoms with Gasteiger partial charge in [0, 0.05) is 12.6 Å². The maximum Gasteiger partial charge on any atom is 0.254 e. The lowest BCUT2D eigenvalue weighted by Crippen LogP contribution is -2.38. The van der Waals surface area contributed by atoms with E-state index >= 15 is 0 Å². The lowest BCUT2D eigenvalue weighted by atomic mass is 10.2. The molecule has 0 spiro atoms. The maximum absolute atomic E-state index is 11.6. The van der Waals surface area contributed by atoms with Crippen molar-refractivity contribution in [2.24, 2.45) is 11.7 Å². The van der Waals surface area contributed by atoms with Crippen LogP contribution in [0.3, 0.4) is 0 Å². The van der Waals surface area contributed by atoms with Gasteiger partial charge in [-0.05, 0) is 31.7 Å². The first-order valence-corrected chi connectivity index (χ1v) is 5.26. The van der Waals surface area contributed by atoms with Crippen LogP contribution in [-0.4, -0.2) is 18.5 Å². The van der Waals surface area contributed by atoms with Gasteiger partial charge in [-0.2, -0.15) is 0 Å². The highest BCUT2D eigenvalue weighted by Crippen LogP contribution is 2.31. The van der Waals surface area contributed by atoms with E-state index in [1.807, 2.05) is 0 Å². The molecule has 1 atom stereocenters. The van der Waals surface area contributed by atoms with E-state index < -0.39 is 0 Å². The summed E-state index contributed by atoms with van der Waals surface area (Å²) in [7, 11) is 0. The van der Waals surface area contributed by atoms with Crippen LogP contribution < -0.4 is 11.1 Å². The topological polar surface area (TPSA) is 68.3 Å². The van der Waals surface area contributed by atoms with Gasteiger partial charge in [0.2, 0.25) is 0 Å². The number of aryl methyl sites for hydroxylation is 1. The first kappa shape index (κ1) is 13.1. The fraction of sp³-hybridized carbons (Fsp3) is 0.545. The molecule has 0 radical (unpaired) electrons. The Morgan fingerprint density at radius 2 is 2.38 bits per heavy atom. The summed E-state index contributed by atoms with van der Waals surface area (Å²) in [6, 6.07) is 1.77. The van der Waals surface area contributed by atoms with E-state index in [2.05, 4.69) is 5.32 Å². The van der Waals surface area contributed by atoms with Crippen LogP contribution in [0.5, 0.6) is 0 Å². The van der Waals surface area contributed by atoms with Crippen molar-refractivity contribution in [2.75, 3.05) is 6.54 Å². The summed E-state index contributed by atoms with van der Waals surface area (Å²) in [4.78, 5) is 11.6. The second-order valence-corrected chi connectivity index (χ2v) is 4.10. The molecule has 1 amide bonds. The van der Waals surface area contributed by atoms with Crippen LogP contribution in [0.2, 0.25) is 0 Å². The number of hydrogen-bond acceptors (Lipinski definition) is 3. The molecule has 3 N–H and O–H groups in total. The van der Waals surface area contributed by atoms with Crippen LogP contribution in [0.4, 0.5) is 0 Å². The molecule has 1 saturated carbocycles. The number of halogens is 1. The Balaban J connectivity index is 0.00000128. The molecule has 1 aromatic rings. The van der Waals surface area contributed by atoms with Gasteiger partial charge in [0.1, 0.15) is 5.76 Å². The van der Waals surface area contributed by atoms with Gasteiger partial charge < -0.3 is 15.5 Å². The van der Waals surface area contributed by atoms with Crippen LogP contribution in [0, 0.1) is 12.8 Å². The third kappa shape index (κ3) is 3.00. The minimum absolute atomic E-state index is 0. The van der Waals surface area contributed by atoms with Crippen LogP contribution in [-0.2, 0) is 0 Å². The lowest BCUT2D eigenvalue weighted by Gasteiger charge is -2.10. The predicted molar refractivity (Wildman–Crippen MR) is 63.7 cm³/mol.